The van der Waals surface area contributed by atoms with E-state index >= 15 is 0 Å². The van der Waals surface area contributed by atoms with E-state index in [1.165, 1.54) is 12.8 Å². The highest BCUT2D eigenvalue weighted by atomic mass is 35.5. The van der Waals surface area contributed by atoms with Crippen LogP contribution in [0, 0.1) is 0 Å². The number of benzene rings is 1. The van der Waals surface area contributed by atoms with Gasteiger partial charge in [-0.05, 0) is 31.0 Å². The highest BCUT2D eigenvalue weighted by Gasteiger charge is 2.27. The first-order chi connectivity index (χ1) is 8.59. The lowest BCUT2D eigenvalue weighted by Gasteiger charge is -2.27. The van der Waals surface area contributed by atoms with Crippen molar-refractivity contribution in [2.24, 2.45) is 0 Å². The van der Waals surface area contributed by atoms with Crippen LogP contribution >= 0.6 is 23.2 Å². The zero-order valence-corrected chi connectivity index (χ0v) is 11.9. The second-order valence-electron chi connectivity index (χ2n) is 5.12. The Morgan fingerprint density at radius 3 is 2.44 bits per heavy atom. The van der Waals surface area contributed by atoms with Crippen LogP contribution in [0.1, 0.15) is 38.5 Å². The van der Waals surface area contributed by atoms with Gasteiger partial charge in [0.25, 0.3) is 0 Å². The Morgan fingerprint density at radius 2 is 1.78 bits per heavy atom. The zero-order valence-electron chi connectivity index (χ0n) is 10.4. The largest absolute Gasteiger partial charge is 0.388 e. The summed E-state index contributed by atoms with van der Waals surface area (Å²) in [4.78, 5) is 0. The molecule has 0 atom stereocenters. The minimum Gasteiger partial charge on any atom is -0.388 e. The quantitative estimate of drug-likeness (QED) is 0.803. The van der Waals surface area contributed by atoms with Gasteiger partial charge in [-0.15, -0.1) is 0 Å². The van der Waals surface area contributed by atoms with E-state index in [1.807, 2.05) is 0 Å². The Kier molecular flexibility index (Phi) is 4.77. The van der Waals surface area contributed by atoms with Crippen LogP contribution in [0.2, 0.25) is 10.0 Å². The predicted molar refractivity (Wildman–Crippen MR) is 77.6 cm³/mol. The Balaban J connectivity index is 1.99. The molecule has 100 valence electrons. The minimum atomic E-state index is -0.609. The molecule has 2 N–H and O–H groups in total. The van der Waals surface area contributed by atoms with Gasteiger partial charge < -0.3 is 10.4 Å². The van der Waals surface area contributed by atoms with Crippen LogP contribution < -0.4 is 5.32 Å². The topological polar surface area (TPSA) is 32.3 Å². The average Bonchev–Trinajstić information content (AvgIpc) is 2.56. The van der Waals surface area contributed by atoms with E-state index in [0.29, 0.717) is 16.6 Å². The molecule has 0 radical (unpaired) electrons. The van der Waals surface area contributed by atoms with Gasteiger partial charge in [-0.2, -0.15) is 0 Å². The van der Waals surface area contributed by atoms with Gasteiger partial charge in [0, 0.05) is 11.6 Å². The first kappa shape index (κ1) is 14.0. The van der Waals surface area contributed by atoms with Gasteiger partial charge in [0.1, 0.15) is 0 Å². The summed E-state index contributed by atoms with van der Waals surface area (Å²) in [5.74, 6) is 0. The summed E-state index contributed by atoms with van der Waals surface area (Å²) in [5, 5.41) is 15.0. The van der Waals surface area contributed by atoms with Crippen molar-refractivity contribution >= 4 is 28.9 Å². The summed E-state index contributed by atoms with van der Waals surface area (Å²) in [6, 6.07) is 5.32. The fourth-order valence-corrected chi connectivity index (χ4v) is 2.81. The van der Waals surface area contributed by atoms with Crippen molar-refractivity contribution in [3.63, 3.8) is 0 Å². The van der Waals surface area contributed by atoms with Gasteiger partial charge in [-0.1, -0.05) is 48.9 Å². The summed E-state index contributed by atoms with van der Waals surface area (Å²) in [6.07, 6.45) is 6.36. The number of aliphatic hydroxyl groups is 1. The molecule has 0 aromatic heterocycles. The minimum absolute atomic E-state index is 0.535. The van der Waals surface area contributed by atoms with Gasteiger partial charge in [0.15, 0.2) is 0 Å². The smallest absolute Gasteiger partial charge is 0.0819 e. The fourth-order valence-electron chi connectivity index (χ4n) is 2.46. The van der Waals surface area contributed by atoms with Crippen molar-refractivity contribution in [1.82, 2.24) is 0 Å². The first-order valence-electron chi connectivity index (χ1n) is 6.50. The maximum atomic E-state index is 10.5. The van der Waals surface area contributed by atoms with Crippen molar-refractivity contribution in [3.05, 3.63) is 28.2 Å². The van der Waals surface area contributed by atoms with E-state index in [1.54, 1.807) is 18.2 Å². The molecule has 1 aromatic rings. The molecule has 18 heavy (non-hydrogen) atoms. The monoisotopic (exact) mass is 287 g/mol. The van der Waals surface area contributed by atoms with Crippen molar-refractivity contribution in [3.8, 4) is 0 Å². The Bertz CT molecular complexity index is 401. The standard InChI is InChI=1S/C14H19Cl2NO/c15-11-5-6-12(16)13(9-11)17-10-14(18)7-3-1-2-4-8-14/h5-6,9,17-18H,1-4,7-8,10H2. The van der Waals surface area contributed by atoms with Crippen LogP contribution in [0.25, 0.3) is 0 Å². The van der Waals surface area contributed by atoms with Crippen LogP contribution in [-0.2, 0) is 0 Å². The van der Waals surface area contributed by atoms with E-state index in [9.17, 15) is 5.11 Å². The van der Waals surface area contributed by atoms with Crippen molar-refractivity contribution in [2.75, 3.05) is 11.9 Å². The van der Waals surface area contributed by atoms with Crippen LogP contribution in [0.15, 0.2) is 18.2 Å². The third kappa shape index (κ3) is 3.78. The van der Waals surface area contributed by atoms with Crippen LogP contribution in [0.3, 0.4) is 0 Å². The molecular weight excluding hydrogens is 269 g/mol. The van der Waals surface area contributed by atoms with E-state index in [4.69, 9.17) is 23.2 Å². The molecule has 0 spiro atoms. The fraction of sp³-hybridized carbons (Fsp3) is 0.571. The molecule has 1 fully saturated rings. The number of hydrogen-bond donors (Lipinski definition) is 2. The summed E-state index contributed by atoms with van der Waals surface area (Å²) in [6.45, 7) is 0.535. The number of rotatable bonds is 3. The van der Waals surface area contributed by atoms with E-state index in [0.717, 1.165) is 31.4 Å². The molecule has 2 rings (SSSR count). The van der Waals surface area contributed by atoms with E-state index in [2.05, 4.69) is 5.32 Å². The molecule has 1 aliphatic rings. The van der Waals surface area contributed by atoms with Gasteiger partial charge in [0.2, 0.25) is 0 Å². The molecule has 1 aromatic carbocycles. The molecule has 1 aliphatic carbocycles. The number of anilines is 1. The molecule has 0 unspecified atom stereocenters. The Morgan fingerprint density at radius 1 is 1.11 bits per heavy atom. The Hall–Kier alpha value is -0.440. The van der Waals surface area contributed by atoms with E-state index in [-0.39, 0.29) is 0 Å². The second-order valence-corrected chi connectivity index (χ2v) is 5.96. The van der Waals surface area contributed by atoms with Gasteiger partial charge in [-0.3, -0.25) is 0 Å². The summed E-state index contributed by atoms with van der Waals surface area (Å²) >= 11 is 12.0. The average molecular weight is 288 g/mol. The predicted octanol–water partition coefficient (Wildman–Crippen LogP) is 4.49. The summed E-state index contributed by atoms with van der Waals surface area (Å²) in [7, 11) is 0. The maximum absolute atomic E-state index is 10.5. The molecule has 0 bridgehead atoms. The molecule has 1 saturated carbocycles. The van der Waals surface area contributed by atoms with Gasteiger partial charge in [-0.25, -0.2) is 0 Å². The third-order valence-corrected chi connectivity index (χ3v) is 4.14. The maximum Gasteiger partial charge on any atom is 0.0819 e. The highest BCUT2D eigenvalue weighted by molar-refractivity contribution is 6.35. The molecule has 4 heteroatoms. The Labute approximate surface area is 118 Å². The van der Waals surface area contributed by atoms with Crippen LogP contribution in [0.5, 0.6) is 0 Å². The number of halogens is 2. The lowest BCUT2D eigenvalue weighted by atomic mass is 9.94. The van der Waals surface area contributed by atoms with Gasteiger partial charge in [0.05, 0.1) is 16.3 Å². The van der Waals surface area contributed by atoms with Crippen LogP contribution in [-0.4, -0.2) is 17.3 Å². The number of hydrogen-bond acceptors (Lipinski definition) is 2. The van der Waals surface area contributed by atoms with Crippen molar-refractivity contribution < 1.29 is 5.11 Å². The molecule has 0 aliphatic heterocycles. The number of nitrogens with one attached hydrogen (secondary N) is 1. The summed E-state index contributed by atoms with van der Waals surface area (Å²) < 4.78 is 0. The van der Waals surface area contributed by atoms with E-state index < -0.39 is 5.60 Å². The zero-order chi connectivity index (χ0) is 13.0. The van der Waals surface area contributed by atoms with Crippen molar-refractivity contribution in [2.45, 2.75) is 44.1 Å². The van der Waals surface area contributed by atoms with Crippen LogP contribution in [0.4, 0.5) is 5.69 Å². The molecular formula is C14H19Cl2NO. The van der Waals surface area contributed by atoms with Gasteiger partial charge >= 0.3 is 0 Å². The molecule has 2 nitrogen and oxygen atoms in total. The normalized spacial score (nSPS) is 19.3. The molecule has 0 saturated heterocycles. The molecule has 0 heterocycles. The second kappa shape index (κ2) is 6.14. The third-order valence-electron chi connectivity index (χ3n) is 3.57. The SMILES string of the molecule is OC1(CNc2cc(Cl)ccc2Cl)CCCCCC1. The molecule has 0 amide bonds. The lowest BCUT2D eigenvalue weighted by Crippen LogP contribution is -2.36. The summed E-state index contributed by atoms with van der Waals surface area (Å²) in [5.41, 5.74) is 0.184. The highest BCUT2D eigenvalue weighted by Crippen LogP contribution is 2.30. The lowest BCUT2D eigenvalue weighted by molar-refractivity contribution is 0.0381. The first-order valence-corrected chi connectivity index (χ1v) is 7.26. The van der Waals surface area contributed by atoms with Crippen molar-refractivity contribution in [1.29, 1.82) is 0 Å².